The maximum absolute atomic E-state index is 12.3. The molecule has 1 aliphatic heterocycles. The van der Waals surface area contributed by atoms with Crippen LogP contribution in [0.15, 0.2) is 6.33 Å². The number of halogens is 1. The first-order valence-electron chi connectivity index (χ1n) is 8.78. The standard InChI is InChI=1S/C18H27N5OS.ClH/c1-11-12(2)25-17-14(11)15(21-10-22-17)23-7-5-13(6-8-23)16(24)20-9-18(3,4)19;/h10,13H,5-9,19H2,1-4H3,(H,20,24);1H. The van der Waals surface area contributed by atoms with Crippen LogP contribution in [0.1, 0.15) is 37.1 Å². The number of rotatable bonds is 4. The van der Waals surface area contributed by atoms with Crippen LogP contribution in [0.2, 0.25) is 0 Å². The SMILES string of the molecule is Cc1sc2ncnc(N3CCC(C(=O)NCC(C)(C)N)CC3)c2c1C.Cl. The molecule has 2 aromatic heterocycles. The quantitative estimate of drug-likeness (QED) is 0.828. The molecule has 144 valence electrons. The van der Waals surface area contributed by atoms with Gasteiger partial charge < -0.3 is 16.0 Å². The van der Waals surface area contributed by atoms with Gasteiger partial charge in [0.2, 0.25) is 5.91 Å². The Morgan fingerprint density at radius 1 is 1.35 bits per heavy atom. The average molecular weight is 398 g/mol. The molecule has 1 aliphatic rings. The van der Waals surface area contributed by atoms with Crippen LogP contribution in [0.25, 0.3) is 10.2 Å². The minimum atomic E-state index is -0.378. The highest BCUT2D eigenvalue weighted by Gasteiger charge is 2.28. The topological polar surface area (TPSA) is 84.1 Å². The largest absolute Gasteiger partial charge is 0.356 e. The number of fused-ring (bicyclic) bond motifs is 1. The molecule has 3 heterocycles. The molecule has 0 atom stereocenters. The first-order valence-corrected chi connectivity index (χ1v) is 9.60. The van der Waals surface area contributed by atoms with Crippen LogP contribution in [0.3, 0.4) is 0 Å². The Morgan fingerprint density at radius 2 is 2.00 bits per heavy atom. The second kappa shape index (κ2) is 8.06. The van der Waals surface area contributed by atoms with Crippen molar-refractivity contribution >= 4 is 45.7 Å². The van der Waals surface area contributed by atoms with E-state index in [-0.39, 0.29) is 29.8 Å². The summed E-state index contributed by atoms with van der Waals surface area (Å²) in [7, 11) is 0. The van der Waals surface area contributed by atoms with Crippen molar-refractivity contribution in [2.75, 3.05) is 24.5 Å². The predicted octanol–water partition coefficient (Wildman–Crippen LogP) is 2.80. The molecule has 2 aromatic rings. The van der Waals surface area contributed by atoms with Crippen molar-refractivity contribution in [3.05, 3.63) is 16.8 Å². The zero-order valence-electron chi connectivity index (χ0n) is 15.8. The number of nitrogens with one attached hydrogen (secondary N) is 1. The van der Waals surface area contributed by atoms with E-state index >= 15 is 0 Å². The van der Waals surface area contributed by atoms with E-state index in [1.807, 2.05) is 13.8 Å². The van der Waals surface area contributed by atoms with Crippen molar-refractivity contribution in [2.45, 2.75) is 46.1 Å². The second-order valence-electron chi connectivity index (χ2n) is 7.63. The smallest absolute Gasteiger partial charge is 0.223 e. The summed E-state index contributed by atoms with van der Waals surface area (Å²) in [5, 5.41) is 4.15. The summed E-state index contributed by atoms with van der Waals surface area (Å²) in [6.07, 6.45) is 3.32. The molecule has 0 aromatic carbocycles. The number of amides is 1. The molecular weight excluding hydrogens is 370 g/mol. The first kappa shape index (κ1) is 20.9. The number of piperidine rings is 1. The molecule has 3 rings (SSSR count). The van der Waals surface area contributed by atoms with Crippen LogP contribution in [0, 0.1) is 19.8 Å². The van der Waals surface area contributed by atoms with Crippen molar-refractivity contribution in [1.29, 1.82) is 0 Å². The van der Waals surface area contributed by atoms with E-state index in [1.54, 1.807) is 17.7 Å². The molecule has 6 nitrogen and oxygen atoms in total. The summed E-state index contributed by atoms with van der Waals surface area (Å²) in [5.41, 5.74) is 6.83. The fraction of sp³-hybridized carbons (Fsp3) is 0.611. The van der Waals surface area contributed by atoms with Crippen LogP contribution < -0.4 is 16.0 Å². The summed E-state index contributed by atoms with van der Waals surface area (Å²) in [5.74, 6) is 1.18. The lowest BCUT2D eigenvalue weighted by Crippen LogP contribution is -2.48. The minimum Gasteiger partial charge on any atom is -0.356 e. The Kier molecular flexibility index (Phi) is 6.47. The number of aromatic nitrogens is 2. The van der Waals surface area contributed by atoms with Crippen molar-refractivity contribution in [3.63, 3.8) is 0 Å². The number of hydrogen-bond donors (Lipinski definition) is 2. The fourth-order valence-corrected chi connectivity index (χ4v) is 4.21. The fourth-order valence-electron chi connectivity index (χ4n) is 3.22. The van der Waals surface area contributed by atoms with Crippen molar-refractivity contribution < 1.29 is 4.79 Å². The van der Waals surface area contributed by atoms with Crippen LogP contribution >= 0.6 is 23.7 Å². The molecule has 0 saturated carbocycles. The summed E-state index contributed by atoms with van der Waals surface area (Å²) in [6.45, 7) is 10.3. The van der Waals surface area contributed by atoms with Crippen LogP contribution in [-0.2, 0) is 4.79 Å². The zero-order valence-corrected chi connectivity index (χ0v) is 17.5. The lowest BCUT2D eigenvalue weighted by atomic mass is 9.95. The van der Waals surface area contributed by atoms with Gasteiger partial charge in [-0.15, -0.1) is 23.7 Å². The molecule has 1 saturated heterocycles. The van der Waals surface area contributed by atoms with Gasteiger partial charge in [0.1, 0.15) is 17.0 Å². The van der Waals surface area contributed by atoms with Crippen molar-refractivity contribution in [1.82, 2.24) is 15.3 Å². The van der Waals surface area contributed by atoms with Gasteiger partial charge in [0.25, 0.3) is 0 Å². The van der Waals surface area contributed by atoms with Gasteiger partial charge in [-0.1, -0.05) is 0 Å². The number of carbonyl (C=O) groups is 1. The Morgan fingerprint density at radius 3 is 2.62 bits per heavy atom. The highest BCUT2D eigenvalue weighted by molar-refractivity contribution is 7.18. The van der Waals surface area contributed by atoms with E-state index in [9.17, 15) is 4.79 Å². The third-order valence-corrected chi connectivity index (χ3v) is 5.94. The van der Waals surface area contributed by atoms with Gasteiger partial charge >= 0.3 is 0 Å². The van der Waals surface area contributed by atoms with E-state index in [0.29, 0.717) is 6.54 Å². The number of aryl methyl sites for hydroxylation is 2. The van der Waals surface area contributed by atoms with E-state index in [2.05, 4.69) is 34.0 Å². The van der Waals surface area contributed by atoms with E-state index < -0.39 is 0 Å². The van der Waals surface area contributed by atoms with Gasteiger partial charge in [-0.05, 0) is 46.1 Å². The van der Waals surface area contributed by atoms with Gasteiger partial charge in [-0.2, -0.15) is 0 Å². The molecule has 0 bridgehead atoms. The third kappa shape index (κ3) is 4.45. The number of carbonyl (C=O) groups excluding carboxylic acids is 1. The summed E-state index contributed by atoms with van der Waals surface area (Å²) >= 11 is 1.72. The average Bonchev–Trinajstić information content (AvgIpc) is 2.87. The maximum Gasteiger partial charge on any atom is 0.223 e. The summed E-state index contributed by atoms with van der Waals surface area (Å²) in [4.78, 5) is 25.9. The Balaban J connectivity index is 0.00000243. The minimum absolute atomic E-state index is 0. The normalized spacial score (nSPS) is 15.8. The number of anilines is 1. The number of thiophene rings is 1. The van der Waals surface area contributed by atoms with E-state index in [0.717, 1.165) is 42.0 Å². The molecule has 0 aliphatic carbocycles. The third-order valence-electron chi connectivity index (χ3n) is 4.83. The van der Waals surface area contributed by atoms with Gasteiger partial charge in [-0.3, -0.25) is 4.79 Å². The lowest BCUT2D eigenvalue weighted by molar-refractivity contribution is -0.125. The Bertz CT molecular complexity index is 778. The summed E-state index contributed by atoms with van der Waals surface area (Å²) in [6, 6.07) is 0. The molecule has 8 heteroatoms. The molecule has 0 radical (unpaired) electrons. The van der Waals surface area contributed by atoms with Gasteiger partial charge in [-0.25, -0.2) is 9.97 Å². The molecular formula is C18H28ClN5OS. The van der Waals surface area contributed by atoms with Gasteiger partial charge in [0.05, 0.1) is 5.39 Å². The van der Waals surface area contributed by atoms with Crippen LogP contribution in [0.5, 0.6) is 0 Å². The highest BCUT2D eigenvalue weighted by atomic mass is 35.5. The lowest BCUT2D eigenvalue weighted by Gasteiger charge is -2.33. The molecule has 1 amide bonds. The monoisotopic (exact) mass is 397 g/mol. The number of nitrogens with zero attached hydrogens (tertiary/aromatic N) is 3. The van der Waals surface area contributed by atoms with Crippen LogP contribution in [0.4, 0.5) is 5.82 Å². The van der Waals surface area contributed by atoms with Crippen molar-refractivity contribution in [3.8, 4) is 0 Å². The summed E-state index contributed by atoms with van der Waals surface area (Å²) < 4.78 is 0. The Hall–Kier alpha value is -1.44. The van der Waals surface area contributed by atoms with Crippen LogP contribution in [-0.4, -0.2) is 41.0 Å². The molecule has 26 heavy (non-hydrogen) atoms. The van der Waals surface area contributed by atoms with E-state index in [4.69, 9.17) is 5.73 Å². The maximum atomic E-state index is 12.3. The molecule has 0 spiro atoms. The number of hydrogen-bond acceptors (Lipinski definition) is 6. The number of nitrogens with two attached hydrogens (primary N) is 1. The highest BCUT2D eigenvalue weighted by Crippen LogP contribution is 2.35. The molecule has 1 fully saturated rings. The molecule has 0 unspecified atom stereocenters. The van der Waals surface area contributed by atoms with Crippen molar-refractivity contribution in [2.24, 2.45) is 11.7 Å². The molecule has 3 N–H and O–H groups in total. The van der Waals surface area contributed by atoms with Gasteiger partial charge in [0.15, 0.2) is 0 Å². The van der Waals surface area contributed by atoms with Gasteiger partial charge in [0, 0.05) is 36.0 Å². The Labute approximate surface area is 165 Å². The predicted molar refractivity (Wildman–Crippen MR) is 110 cm³/mol. The zero-order chi connectivity index (χ0) is 18.2. The first-order chi connectivity index (χ1) is 11.8. The second-order valence-corrected chi connectivity index (χ2v) is 8.83. The van der Waals surface area contributed by atoms with E-state index in [1.165, 1.54) is 10.4 Å².